The molecule has 0 aliphatic heterocycles. The molecule has 0 saturated heterocycles. The lowest BCUT2D eigenvalue weighted by atomic mass is 10.1. The third-order valence-corrected chi connectivity index (χ3v) is 2.54. The summed E-state index contributed by atoms with van der Waals surface area (Å²) < 4.78 is 5.15. The second-order valence-corrected chi connectivity index (χ2v) is 4.10. The number of aliphatic hydroxyl groups excluding tert-OH is 1. The van der Waals surface area contributed by atoms with E-state index in [1.807, 2.05) is 11.9 Å². The Morgan fingerprint density at radius 1 is 1.56 bits per heavy atom. The van der Waals surface area contributed by atoms with Gasteiger partial charge in [0.2, 0.25) is 0 Å². The van der Waals surface area contributed by atoms with Gasteiger partial charge >= 0.3 is 0 Å². The number of hydrogen-bond donors (Lipinski definition) is 3. The van der Waals surface area contributed by atoms with Crippen LogP contribution in [0, 0.1) is 0 Å². The molecule has 1 aromatic carbocycles. The molecular formula is C12H19N3O3. The second kappa shape index (κ2) is 6.11. The highest BCUT2D eigenvalue weighted by molar-refractivity contribution is 6.02. The summed E-state index contributed by atoms with van der Waals surface area (Å²) in [4.78, 5) is 1.82. The van der Waals surface area contributed by atoms with Gasteiger partial charge in [-0.1, -0.05) is 5.16 Å². The van der Waals surface area contributed by atoms with Gasteiger partial charge in [-0.2, -0.15) is 0 Å². The Balaban J connectivity index is 3.19. The van der Waals surface area contributed by atoms with E-state index in [1.165, 1.54) is 0 Å². The van der Waals surface area contributed by atoms with Crippen LogP contribution < -0.4 is 15.4 Å². The van der Waals surface area contributed by atoms with E-state index in [0.717, 1.165) is 5.69 Å². The number of benzene rings is 1. The number of aliphatic hydroxyl groups is 1. The predicted octanol–water partition coefficient (Wildman–Crippen LogP) is 0.607. The maximum Gasteiger partial charge on any atom is 0.172 e. The molecule has 0 bridgehead atoms. The number of methoxy groups -OCH3 is 1. The van der Waals surface area contributed by atoms with E-state index in [9.17, 15) is 5.11 Å². The molecular weight excluding hydrogens is 234 g/mol. The number of likely N-dealkylation sites (N-methyl/N-ethyl adjacent to an activating group) is 1. The van der Waals surface area contributed by atoms with Crippen LogP contribution in [0.2, 0.25) is 0 Å². The summed E-state index contributed by atoms with van der Waals surface area (Å²) in [5.41, 5.74) is 6.94. The Kier molecular flexibility index (Phi) is 4.79. The molecule has 6 nitrogen and oxygen atoms in total. The third kappa shape index (κ3) is 3.27. The fraction of sp³-hybridized carbons (Fsp3) is 0.417. The summed E-state index contributed by atoms with van der Waals surface area (Å²) in [6.07, 6.45) is -0.485. The van der Waals surface area contributed by atoms with Crippen LogP contribution in [0.4, 0.5) is 5.69 Å². The van der Waals surface area contributed by atoms with Crippen molar-refractivity contribution in [1.82, 2.24) is 0 Å². The molecule has 1 atom stereocenters. The van der Waals surface area contributed by atoms with Crippen molar-refractivity contribution in [3.05, 3.63) is 23.8 Å². The molecule has 1 aromatic rings. The van der Waals surface area contributed by atoms with Crippen LogP contribution in [0.3, 0.4) is 0 Å². The SMILES string of the molecule is COc1ccc(/C(N)=N/O)c(N(C)CC(C)O)c1. The fourth-order valence-electron chi connectivity index (χ4n) is 1.72. The highest BCUT2D eigenvalue weighted by Crippen LogP contribution is 2.25. The monoisotopic (exact) mass is 253 g/mol. The number of amidine groups is 1. The van der Waals surface area contributed by atoms with Crippen LogP contribution in [0.5, 0.6) is 5.75 Å². The Hall–Kier alpha value is -1.95. The molecule has 1 rings (SSSR count). The first-order valence-electron chi connectivity index (χ1n) is 5.54. The molecule has 0 aliphatic rings. The van der Waals surface area contributed by atoms with Gasteiger partial charge in [0.15, 0.2) is 5.84 Å². The quantitative estimate of drug-likeness (QED) is 0.309. The lowest BCUT2D eigenvalue weighted by Crippen LogP contribution is -2.29. The van der Waals surface area contributed by atoms with Crippen molar-refractivity contribution >= 4 is 11.5 Å². The van der Waals surface area contributed by atoms with E-state index in [1.54, 1.807) is 32.2 Å². The molecule has 0 fully saturated rings. The maximum atomic E-state index is 9.41. The molecule has 4 N–H and O–H groups in total. The van der Waals surface area contributed by atoms with E-state index < -0.39 is 6.10 Å². The van der Waals surface area contributed by atoms with E-state index in [2.05, 4.69) is 5.16 Å². The van der Waals surface area contributed by atoms with Crippen LogP contribution in [-0.4, -0.2) is 43.0 Å². The molecule has 0 aliphatic carbocycles. The molecule has 6 heteroatoms. The molecule has 1 unspecified atom stereocenters. The van der Waals surface area contributed by atoms with Gasteiger partial charge in [-0.05, 0) is 19.1 Å². The summed E-state index contributed by atoms with van der Waals surface area (Å²) in [7, 11) is 3.38. The average molecular weight is 253 g/mol. The lowest BCUT2D eigenvalue weighted by Gasteiger charge is -2.24. The first-order valence-corrected chi connectivity index (χ1v) is 5.54. The number of ether oxygens (including phenoxy) is 1. The summed E-state index contributed by atoms with van der Waals surface area (Å²) >= 11 is 0. The maximum absolute atomic E-state index is 9.41. The van der Waals surface area contributed by atoms with Crippen LogP contribution in [-0.2, 0) is 0 Å². The van der Waals surface area contributed by atoms with Crippen LogP contribution >= 0.6 is 0 Å². The molecule has 100 valence electrons. The van der Waals surface area contributed by atoms with Crippen molar-refractivity contribution in [3.8, 4) is 5.75 Å². The molecule has 0 radical (unpaired) electrons. The minimum Gasteiger partial charge on any atom is -0.497 e. The first kappa shape index (κ1) is 14.1. The van der Waals surface area contributed by atoms with Crippen molar-refractivity contribution in [2.24, 2.45) is 10.9 Å². The van der Waals surface area contributed by atoms with Gasteiger partial charge < -0.3 is 25.7 Å². The average Bonchev–Trinajstić information content (AvgIpc) is 2.36. The van der Waals surface area contributed by atoms with Gasteiger partial charge in [0.05, 0.1) is 18.9 Å². The van der Waals surface area contributed by atoms with Crippen molar-refractivity contribution in [1.29, 1.82) is 0 Å². The highest BCUT2D eigenvalue weighted by Gasteiger charge is 2.13. The second-order valence-electron chi connectivity index (χ2n) is 4.10. The molecule has 0 spiro atoms. The normalized spacial score (nSPS) is 13.2. The number of hydrogen-bond acceptors (Lipinski definition) is 5. The predicted molar refractivity (Wildman–Crippen MR) is 70.5 cm³/mol. The van der Waals surface area contributed by atoms with Crippen LogP contribution in [0.15, 0.2) is 23.4 Å². The first-order chi connectivity index (χ1) is 8.49. The molecule has 0 aromatic heterocycles. The van der Waals surface area contributed by atoms with Crippen LogP contribution in [0.25, 0.3) is 0 Å². The van der Waals surface area contributed by atoms with Crippen molar-refractivity contribution in [2.45, 2.75) is 13.0 Å². The zero-order valence-corrected chi connectivity index (χ0v) is 10.8. The summed E-state index contributed by atoms with van der Waals surface area (Å²) in [6, 6.07) is 5.21. The number of oxime groups is 1. The van der Waals surface area contributed by atoms with Gasteiger partial charge in [-0.15, -0.1) is 0 Å². The fourth-order valence-corrected chi connectivity index (χ4v) is 1.72. The Labute approximate surface area is 106 Å². The van der Waals surface area contributed by atoms with Gasteiger partial charge in [0.1, 0.15) is 5.75 Å². The van der Waals surface area contributed by atoms with Gasteiger partial charge in [-0.25, -0.2) is 0 Å². The van der Waals surface area contributed by atoms with Crippen molar-refractivity contribution < 1.29 is 15.1 Å². The zero-order chi connectivity index (χ0) is 13.7. The van der Waals surface area contributed by atoms with Gasteiger partial charge in [0.25, 0.3) is 0 Å². The van der Waals surface area contributed by atoms with E-state index in [0.29, 0.717) is 17.9 Å². The Morgan fingerprint density at radius 3 is 2.72 bits per heavy atom. The third-order valence-electron chi connectivity index (χ3n) is 2.54. The number of nitrogens with two attached hydrogens (primary N) is 1. The molecule has 0 heterocycles. The largest absolute Gasteiger partial charge is 0.497 e. The molecule has 18 heavy (non-hydrogen) atoms. The zero-order valence-electron chi connectivity index (χ0n) is 10.8. The number of rotatable bonds is 5. The van der Waals surface area contributed by atoms with E-state index >= 15 is 0 Å². The van der Waals surface area contributed by atoms with Crippen molar-refractivity contribution in [2.75, 3.05) is 25.6 Å². The molecule has 0 saturated carbocycles. The lowest BCUT2D eigenvalue weighted by molar-refractivity contribution is 0.201. The standard InChI is InChI=1S/C12H19N3O3/c1-8(16)7-15(2)11-6-9(18-3)4-5-10(11)12(13)14-17/h4-6,8,16-17H,7H2,1-3H3,(H2,13,14). The summed E-state index contributed by atoms with van der Waals surface area (Å²) in [5, 5.41) is 21.2. The molecule has 0 amide bonds. The van der Waals surface area contributed by atoms with E-state index in [-0.39, 0.29) is 5.84 Å². The number of anilines is 1. The highest BCUT2D eigenvalue weighted by atomic mass is 16.5. The smallest absolute Gasteiger partial charge is 0.172 e. The van der Waals surface area contributed by atoms with E-state index in [4.69, 9.17) is 15.7 Å². The minimum atomic E-state index is -0.485. The van der Waals surface area contributed by atoms with Gasteiger partial charge in [0, 0.05) is 25.2 Å². The Bertz CT molecular complexity index is 433. The van der Waals surface area contributed by atoms with Gasteiger partial charge in [-0.3, -0.25) is 0 Å². The summed E-state index contributed by atoms with van der Waals surface area (Å²) in [5.74, 6) is 0.682. The van der Waals surface area contributed by atoms with Crippen LogP contribution in [0.1, 0.15) is 12.5 Å². The number of nitrogens with zero attached hydrogens (tertiary/aromatic N) is 2. The minimum absolute atomic E-state index is 0.0186. The summed E-state index contributed by atoms with van der Waals surface area (Å²) in [6.45, 7) is 2.12. The Morgan fingerprint density at radius 2 is 2.22 bits per heavy atom. The van der Waals surface area contributed by atoms with Crippen molar-refractivity contribution in [3.63, 3.8) is 0 Å². The topological polar surface area (TPSA) is 91.3 Å².